The minimum absolute atomic E-state index is 0.175. The summed E-state index contributed by atoms with van der Waals surface area (Å²) in [6.45, 7) is 4.61. The molecule has 1 aliphatic rings. The molecule has 51 heavy (non-hydrogen) atoms. The molecule has 0 saturated carbocycles. The Labute approximate surface area is 299 Å². The molecule has 0 saturated heterocycles. The third-order valence-corrected chi connectivity index (χ3v) is 11.0. The molecular formula is C50H36O. The van der Waals surface area contributed by atoms with Gasteiger partial charge in [0.05, 0.1) is 0 Å². The molecule has 0 aromatic heterocycles. The summed E-state index contributed by atoms with van der Waals surface area (Å²) >= 11 is 0. The van der Waals surface area contributed by atoms with Gasteiger partial charge < -0.3 is 5.11 Å². The summed E-state index contributed by atoms with van der Waals surface area (Å²) in [7, 11) is 0. The van der Waals surface area contributed by atoms with E-state index in [1.807, 2.05) is 6.07 Å². The first-order chi connectivity index (χ1) is 24.9. The molecule has 0 fully saturated rings. The van der Waals surface area contributed by atoms with Crippen LogP contribution in [0.1, 0.15) is 36.1 Å². The van der Waals surface area contributed by atoms with Crippen LogP contribution in [-0.2, 0) is 11.8 Å². The fourth-order valence-electron chi connectivity index (χ4n) is 8.46. The van der Waals surface area contributed by atoms with Gasteiger partial charge >= 0.3 is 0 Å². The maximum absolute atomic E-state index is 11.3. The van der Waals surface area contributed by atoms with Gasteiger partial charge in [-0.3, -0.25) is 0 Å². The number of phenolic OH excluding ortho intramolecular Hbond substituents is 1. The maximum Gasteiger partial charge on any atom is 0.124 e. The van der Waals surface area contributed by atoms with Crippen LogP contribution in [0.25, 0.3) is 71.8 Å². The second-order valence-corrected chi connectivity index (χ2v) is 14.1. The van der Waals surface area contributed by atoms with Crippen molar-refractivity contribution in [3.63, 3.8) is 0 Å². The zero-order valence-electron chi connectivity index (χ0n) is 28.7. The van der Waals surface area contributed by atoms with Crippen LogP contribution in [0.5, 0.6) is 5.75 Å². The average molecular weight is 653 g/mol. The Morgan fingerprint density at radius 3 is 1.88 bits per heavy atom. The van der Waals surface area contributed by atoms with Gasteiger partial charge in [-0.15, -0.1) is 6.42 Å². The molecule has 1 N–H and O–H groups in total. The number of aromatic hydroxyl groups is 1. The smallest absolute Gasteiger partial charge is 0.124 e. The van der Waals surface area contributed by atoms with E-state index in [0.29, 0.717) is 10.9 Å². The number of allylic oxidation sites excluding steroid dienone is 1. The van der Waals surface area contributed by atoms with Gasteiger partial charge in [-0.1, -0.05) is 165 Å². The number of fused-ring (bicyclic) bond motifs is 4. The molecule has 0 unspecified atom stereocenters. The van der Waals surface area contributed by atoms with Gasteiger partial charge in [0.2, 0.25) is 0 Å². The van der Waals surface area contributed by atoms with Crippen molar-refractivity contribution in [3.05, 3.63) is 179 Å². The molecule has 0 aliphatic heterocycles. The van der Waals surface area contributed by atoms with Gasteiger partial charge in [0.15, 0.2) is 0 Å². The lowest BCUT2D eigenvalue weighted by molar-refractivity contribution is 0.481. The van der Waals surface area contributed by atoms with Crippen LogP contribution in [-0.4, -0.2) is 5.11 Å². The van der Waals surface area contributed by atoms with Crippen LogP contribution in [0.2, 0.25) is 0 Å². The zero-order chi connectivity index (χ0) is 34.7. The van der Waals surface area contributed by atoms with Crippen molar-refractivity contribution < 1.29 is 5.11 Å². The average Bonchev–Trinajstić information content (AvgIpc) is 3.42. The van der Waals surface area contributed by atoms with Gasteiger partial charge in [-0.05, 0) is 102 Å². The Balaban J connectivity index is 1.39. The summed E-state index contributed by atoms with van der Waals surface area (Å²) in [5, 5.41) is 17.6. The van der Waals surface area contributed by atoms with E-state index < -0.39 is 0 Å². The molecule has 242 valence electrons. The number of terminal acetylenes is 1. The highest BCUT2D eigenvalue weighted by molar-refractivity contribution is 6.23. The Hall–Kier alpha value is -6.36. The van der Waals surface area contributed by atoms with Crippen molar-refractivity contribution in [2.45, 2.75) is 25.7 Å². The van der Waals surface area contributed by atoms with E-state index in [2.05, 4.69) is 165 Å². The summed E-state index contributed by atoms with van der Waals surface area (Å²) in [5.74, 6) is 3.26. The molecule has 1 aliphatic carbocycles. The standard InChI is InChI=1S/C50H36O/c1-4-38-43(31-37-29-34-18-8-13-26-45(34)50(37,2)3)44(30-36-21-15-27-46(51)48(36)38)49-41-24-11-9-22-39(41)47(40-23-10-12-25-42(40)49)35-20-14-19-33(28-35)32-16-6-5-7-17-32/h1,5-28,30-31,51H,29H2,2-3H3/b37-31+. The fraction of sp³-hybridized carbons (Fsp3) is 0.0800. The molecule has 0 bridgehead atoms. The van der Waals surface area contributed by atoms with Gasteiger partial charge in [0.25, 0.3) is 0 Å². The molecule has 0 amide bonds. The molecule has 1 nitrogen and oxygen atoms in total. The van der Waals surface area contributed by atoms with Crippen LogP contribution in [0.4, 0.5) is 0 Å². The quantitative estimate of drug-likeness (QED) is 0.148. The largest absolute Gasteiger partial charge is 0.507 e. The van der Waals surface area contributed by atoms with Crippen LogP contribution in [0.3, 0.4) is 0 Å². The predicted molar refractivity (Wildman–Crippen MR) is 216 cm³/mol. The highest BCUT2D eigenvalue weighted by Gasteiger charge is 2.34. The molecule has 1 heteroatoms. The second kappa shape index (κ2) is 11.9. The second-order valence-electron chi connectivity index (χ2n) is 14.1. The van der Waals surface area contributed by atoms with E-state index in [1.54, 1.807) is 6.07 Å². The molecule has 8 aromatic carbocycles. The highest BCUT2D eigenvalue weighted by atomic mass is 16.3. The van der Waals surface area contributed by atoms with Crippen molar-refractivity contribution in [1.82, 2.24) is 0 Å². The number of hydrogen-bond acceptors (Lipinski definition) is 1. The van der Waals surface area contributed by atoms with Crippen LogP contribution < -0.4 is 0 Å². The highest BCUT2D eigenvalue weighted by Crippen LogP contribution is 2.49. The number of phenols is 1. The monoisotopic (exact) mass is 652 g/mol. The number of hydrogen-bond donors (Lipinski definition) is 1. The third kappa shape index (κ3) is 4.87. The lowest BCUT2D eigenvalue weighted by Gasteiger charge is -2.24. The van der Waals surface area contributed by atoms with E-state index in [1.165, 1.54) is 49.7 Å². The Morgan fingerprint density at radius 1 is 0.608 bits per heavy atom. The Bertz CT molecular complexity index is 2700. The first kappa shape index (κ1) is 30.7. The summed E-state index contributed by atoms with van der Waals surface area (Å²) in [6.07, 6.45) is 9.64. The van der Waals surface area contributed by atoms with E-state index in [4.69, 9.17) is 6.42 Å². The normalized spacial score (nSPS) is 14.3. The van der Waals surface area contributed by atoms with Gasteiger partial charge in [-0.2, -0.15) is 0 Å². The van der Waals surface area contributed by atoms with Crippen molar-refractivity contribution >= 4 is 38.4 Å². The van der Waals surface area contributed by atoms with Gasteiger partial charge in [0, 0.05) is 16.4 Å². The van der Waals surface area contributed by atoms with Crippen LogP contribution in [0.15, 0.2) is 157 Å². The number of rotatable bonds is 4. The minimum atomic E-state index is -0.175. The number of benzene rings is 8. The zero-order valence-corrected chi connectivity index (χ0v) is 28.7. The van der Waals surface area contributed by atoms with Crippen molar-refractivity contribution in [2.24, 2.45) is 0 Å². The third-order valence-electron chi connectivity index (χ3n) is 11.0. The summed E-state index contributed by atoms with van der Waals surface area (Å²) in [6, 6.07) is 53.7. The topological polar surface area (TPSA) is 20.2 Å². The molecule has 0 spiro atoms. The summed E-state index contributed by atoms with van der Waals surface area (Å²) in [5.41, 5.74) is 12.5. The molecule has 0 radical (unpaired) electrons. The predicted octanol–water partition coefficient (Wildman–Crippen LogP) is 12.8. The SMILES string of the molecule is C#Cc1c(/C=C2\Cc3ccccc3C2(C)C)c(-c2c3ccccc3c(-c3cccc(-c4ccccc4)c3)c3ccccc23)cc2cccc(O)c12. The lowest BCUT2D eigenvalue weighted by atomic mass is 9.79. The minimum Gasteiger partial charge on any atom is -0.507 e. The first-order valence-corrected chi connectivity index (χ1v) is 17.6. The van der Waals surface area contributed by atoms with Gasteiger partial charge in [-0.25, -0.2) is 0 Å². The maximum atomic E-state index is 11.3. The summed E-state index contributed by atoms with van der Waals surface area (Å²) in [4.78, 5) is 0. The fourth-order valence-corrected chi connectivity index (χ4v) is 8.46. The Kier molecular flexibility index (Phi) is 7.16. The van der Waals surface area contributed by atoms with Crippen molar-refractivity contribution in [2.75, 3.05) is 0 Å². The first-order valence-electron chi connectivity index (χ1n) is 17.6. The molecule has 0 heterocycles. The van der Waals surface area contributed by atoms with E-state index in [-0.39, 0.29) is 11.2 Å². The summed E-state index contributed by atoms with van der Waals surface area (Å²) < 4.78 is 0. The van der Waals surface area contributed by atoms with Crippen LogP contribution >= 0.6 is 0 Å². The van der Waals surface area contributed by atoms with Crippen LogP contribution in [0, 0.1) is 12.3 Å². The Morgan fingerprint density at radius 2 is 1.20 bits per heavy atom. The van der Waals surface area contributed by atoms with Gasteiger partial charge in [0.1, 0.15) is 5.75 Å². The van der Waals surface area contributed by atoms with Crippen molar-refractivity contribution in [3.8, 4) is 51.5 Å². The van der Waals surface area contributed by atoms with Crippen molar-refractivity contribution in [1.29, 1.82) is 0 Å². The molecule has 9 rings (SSSR count). The molecule has 8 aromatic rings. The molecular weight excluding hydrogens is 617 g/mol. The van der Waals surface area contributed by atoms with E-state index in [0.717, 1.165) is 39.3 Å². The lowest BCUT2D eigenvalue weighted by Crippen LogP contribution is -2.15. The van der Waals surface area contributed by atoms with E-state index in [9.17, 15) is 5.11 Å². The molecule has 0 atom stereocenters. The van der Waals surface area contributed by atoms with E-state index >= 15 is 0 Å².